The van der Waals surface area contributed by atoms with Gasteiger partial charge < -0.3 is 15.1 Å². The van der Waals surface area contributed by atoms with E-state index in [1.54, 1.807) is 29.2 Å². The van der Waals surface area contributed by atoms with Crippen LogP contribution in [0.3, 0.4) is 0 Å². The van der Waals surface area contributed by atoms with Gasteiger partial charge in [-0.15, -0.1) is 0 Å². The maximum Gasteiger partial charge on any atom is 0.228 e. The third-order valence-corrected chi connectivity index (χ3v) is 5.09. The maximum absolute atomic E-state index is 13.8. The molecule has 2 aromatic carbocycles. The fourth-order valence-corrected chi connectivity index (χ4v) is 3.48. The van der Waals surface area contributed by atoms with Gasteiger partial charge in [-0.2, -0.15) is 0 Å². The van der Waals surface area contributed by atoms with Crippen LogP contribution >= 0.6 is 11.6 Å². The molecular weight excluding hydrogens is 353 g/mol. The molecule has 26 heavy (non-hydrogen) atoms. The predicted octanol–water partition coefficient (Wildman–Crippen LogP) is 2.39. The van der Waals surface area contributed by atoms with Crippen LogP contribution in [0.15, 0.2) is 42.5 Å². The third-order valence-electron chi connectivity index (χ3n) is 4.85. The Kier molecular flexibility index (Phi) is 6.12. The lowest BCUT2D eigenvalue weighted by atomic mass is 10.1. The number of piperazine rings is 1. The Hall–Kier alpha value is -2.11. The zero-order valence-corrected chi connectivity index (χ0v) is 15.7. The maximum atomic E-state index is 13.8. The molecule has 138 valence electrons. The van der Waals surface area contributed by atoms with Crippen LogP contribution in [0.4, 0.5) is 15.8 Å². The summed E-state index contributed by atoms with van der Waals surface area (Å²) in [4.78, 5) is 16.3. The number of rotatable bonds is 5. The molecule has 0 saturated carbocycles. The van der Waals surface area contributed by atoms with Crippen LogP contribution in [0, 0.1) is 5.82 Å². The Bertz CT molecular complexity index is 775. The number of carbonyl (C=O) groups excluding carboxylic acids is 1. The molecule has 1 amide bonds. The second-order valence-corrected chi connectivity index (χ2v) is 7.00. The van der Waals surface area contributed by atoms with Crippen molar-refractivity contribution >= 4 is 28.9 Å². The first kappa shape index (κ1) is 18.7. The molecule has 4 nitrogen and oxygen atoms in total. The van der Waals surface area contributed by atoms with Crippen molar-refractivity contribution in [2.75, 3.05) is 42.9 Å². The molecule has 0 unspecified atom stereocenters. The monoisotopic (exact) mass is 376 g/mol. The summed E-state index contributed by atoms with van der Waals surface area (Å²) in [7, 11) is 0. The Morgan fingerprint density at radius 1 is 1.23 bits per heavy atom. The largest absolute Gasteiger partial charge is 0.359 e. The van der Waals surface area contributed by atoms with Crippen molar-refractivity contribution in [3.63, 3.8) is 0 Å². The van der Waals surface area contributed by atoms with E-state index in [-0.39, 0.29) is 18.1 Å². The number of carbonyl (C=O) groups is 1. The zero-order valence-electron chi connectivity index (χ0n) is 14.9. The molecule has 6 heteroatoms. The van der Waals surface area contributed by atoms with Crippen LogP contribution in [0.1, 0.15) is 12.5 Å². The first-order valence-electron chi connectivity index (χ1n) is 8.98. The van der Waals surface area contributed by atoms with E-state index in [0.29, 0.717) is 16.3 Å². The van der Waals surface area contributed by atoms with Gasteiger partial charge >= 0.3 is 0 Å². The minimum absolute atomic E-state index is 0.00755. The van der Waals surface area contributed by atoms with Gasteiger partial charge in [-0.3, -0.25) is 4.79 Å². The Balaban J connectivity index is 1.74. The molecule has 0 atom stereocenters. The fraction of sp³-hybridized carbons (Fsp3) is 0.350. The average Bonchev–Trinajstić information content (AvgIpc) is 2.64. The quantitative estimate of drug-likeness (QED) is 0.840. The van der Waals surface area contributed by atoms with Crippen molar-refractivity contribution in [1.29, 1.82) is 0 Å². The fourth-order valence-electron chi connectivity index (χ4n) is 3.31. The molecule has 1 saturated heterocycles. The SMILES string of the molecule is CC[NH+]1CCN(c2ccc(Cl)cc2NC(=O)Cc2ccccc2F)CC1. The van der Waals surface area contributed by atoms with Gasteiger partial charge in [0.05, 0.1) is 50.5 Å². The number of nitrogens with zero attached hydrogens (tertiary/aromatic N) is 1. The summed E-state index contributed by atoms with van der Waals surface area (Å²) in [5.74, 6) is -0.621. The molecular formula is C20H24ClFN3O+. The van der Waals surface area contributed by atoms with E-state index in [0.717, 1.165) is 38.4 Å². The minimum atomic E-state index is -0.368. The number of amides is 1. The normalized spacial score (nSPS) is 15.1. The highest BCUT2D eigenvalue weighted by molar-refractivity contribution is 6.31. The lowest BCUT2D eigenvalue weighted by molar-refractivity contribution is -0.898. The van der Waals surface area contributed by atoms with Gasteiger partial charge in [-0.1, -0.05) is 29.8 Å². The zero-order chi connectivity index (χ0) is 18.5. The number of halogens is 2. The van der Waals surface area contributed by atoms with Crippen LogP contribution in [-0.2, 0) is 11.2 Å². The second kappa shape index (κ2) is 8.52. The minimum Gasteiger partial charge on any atom is -0.359 e. The molecule has 1 aliphatic heterocycles. The van der Waals surface area contributed by atoms with Gasteiger partial charge in [0.15, 0.2) is 0 Å². The third kappa shape index (κ3) is 4.54. The molecule has 1 fully saturated rings. The molecule has 2 N–H and O–H groups in total. The molecule has 0 spiro atoms. The summed E-state index contributed by atoms with van der Waals surface area (Å²) < 4.78 is 13.8. The number of likely N-dealkylation sites (N-methyl/N-ethyl adjacent to an activating group) is 1. The topological polar surface area (TPSA) is 36.8 Å². The predicted molar refractivity (Wildman–Crippen MR) is 104 cm³/mol. The summed E-state index contributed by atoms with van der Waals surface area (Å²) >= 11 is 6.14. The van der Waals surface area contributed by atoms with Crippen molar-refractivity contribution in [2.24, 2.45) is 0 Å². The van der Waals surface area contributed by atoms with Gasteiger partial charge in [0.2, 0.25) is 5.91 Å². The van der Waals surface area contributed by atoms with Crippen molar-refractivity contribution in [3.05, 3.63) is 58.9 Å². The van der Waals surface area contributed by atoms with Crippen LogP contribution < -0.4 is 15.1 Å². The molecule has 0 aromatic heterocycles. The summed E-state index contributed by atoms with van der Waals surface area (Å²) in [6.45, 7) is 7.33. The molecule has 1 aliphatic rings. The van der Waals surface area contributed by atoms with Crippen LogP contribution in [0.25, 0.3) is 0 Å². The summed E-state index contributed by atoms with van der Waals surface area (Å²) in [6.07, 6.45) is -0.00755. The molecule has 0 radical (unpaired) electrons. The number of hydrogen-bond donors (Lipinski definition) is 2. The van der Waals surface area contributed by atoms with Gasteiger partial charge in [0, 0.05) is 5.02 Å². The smallest absolute Gasteiger partial charge is 0.228 e. The Morgan fingerprint density at radius 3 is 2.65 bits per heavy atom. The van der Waals surface area contributed by atoms with Crippen LogP contribution in [0.2, 0.25) is 5.02 Å². The average molecular weight is 377 g/mol. The summed E-state index contributed by atoms with van der Waals surface area (Å²) in [5, 5.41) is 3.47. The lowest BCUT2D eigenvalue weighted by Crippen LogP contribution is -3.14. The summed E-state index contributed by atoms with van der Waals surface area (Å²) in [5.41, 5.74) is 2.03. The molecule has 0 bridgehead atoms. The van der Waals surface area contributed by atoms with Crippen molar-refractivity contribution in [3.8, 4) is 0 Å². The van der Waals surface area contributed by atoms with E-state index in [4.69, 9.17) is 11.6 Å². The van der Waals surface area contributed by atoms with Gasteiger partial charge in [-0.25, -0.2) is 4.39 Å². The summed E-state index contributed by atoms with van der Waals surface area (Å²) in [6, 6.07) is 11.9. The van der Waals surface area contributed by atoms with Gasteiger partial charge in [-0.05, 0) is 36.8 Å². The van der Waals surface area contributed by atoms with Crippen LogP contribution in [-0.4, -0.2) is 38.6 Å². The van der Waals surface area contributed by atoms with Gasteiger partial charge in [0.1, 0.15) is 5.82 Å². The number of nitrogens with one attached hydrogen (secondary N) is 2. The molecule has 3 rings (SSSR count). The van der Waals surface area contributed by atoms with Crippen molar-refractivity contribution in [2.45, 2.75) is 13.3 Å². The number of benzene rings is 2. The van der Waals surface area contributed by atoms with E-state index < -0.39 is 0 Å². The van der Waals surface area contributed by atoms with Crippen molar-refractivity contribution < 1.29 is 14.1 Å². The van der Waals surface area contributed by atoms with E-state index in [1.165, 1.54) is 6.07 Å². The Morgan fingerprint density at radius 2 is 1.96 bits per heavy atom. The number of anilines is 2. The highest BCUT2D eigenvalue weighted by Gasteiger charge is 2.21. The van der Waals surface area contributed by atoms with E-state index in [2.05, 4.69) is 17.1 Å². The van der Waals surface area contributed by atoms with Crippen LogP contribution in [0.5, 0.6) is 0 Å². The number of quaternary nitrogens is 1. The first-order chi connectivity index (χ1) is 12.6. The molecule has 1 heterocycles. The van der Waals surface area contributed by atoms with E-state index in [9.17, 15) is 9.18 Å². The van der Waals surface area contributed by atoms with Gasteiger partial charge in [0.25, 0.3) is 0 Å². The lowest BCUT2D eigenvalue weighted by Gasteiger charge is -2.34. The Labute approximate surface area is 158 Å². The second-order valence-electron chi connectivity index (χ2n) is 6.57. The first-order valence-corrected chi connectivity index (χ1v) is 9.36. The molecule has 2 aromatic rings. The van der Waals surface area contributed by atoms with E-state index in [1.807, 2.05) is 12.1 Å². The molecule has 0 aliphatic carbocycles. The number of hydrogen-bond acceptors (Lipinski definition) is 2. The highest BCUT2D eigenvalue weighted by atomic mass is 35.5. The standard InChI is InChI=1S/C20H23ClFN3O/c1-2-24-9-11-25(12-10-24)19-8-7-16(21)14-18(19)23-20(26)13-15-5-3-4-6-17(15)22/h3-8,14H,2,9-13H2,1H3,(H,23,26)/p+1. The van der Waals surface area contributed by atoms with Crippen molar-refractivity contribution in [1.82, 2.24) is 0 Å². The van der Waals surface area contributed by atoms with E-state index >= 15 is 0 Å². The highest BCUT2D eigenvalue weighted by Crippen LogP contribution is 2.29.